The lowest BCUT2D eigenvalue weighted by Crippen LogP contribution is -2.36. The Kier molecular flexibility index (Phi) is 2.86. The number of hydrogen-bond acceptors (Lipinski definition) is 2. The van der Waals surface area contributed by atoms with E-state index in [-0.39, 0.29) is 0 Å². The van der Waals surface area contributed by atoms with E-state index in [2.05, 4.69) is 33.0 Å². The second-order valence-corrected chi connectivity index (χ2v) is 3.76. The van der Waals surface area contributed by atoms with Crippen molar-refractivity contribution in [3.63, 3.8) is 0 Å². The molecule has 1 aromatic rings. The van der Waals surface area contributed by atoms with E-state index in [4.69, 9.17) is 4.74 Å². The zero-order chi connectivity index (χ0) is 9.10. The third kappa shape index (κ3) is 2.03. The smallest absolute Gasteiger partial charge is 0.0642 e. The highest BCUT2D eigenvalue weighted by Gasteiger charge is 2.12. The Balaban J connectivity index is 2.18. The summed E-state index contributed by atoms with van der Waals surface area (Å²) in [6, 6.07) is 9.15. The summed E-state index contributed by atoms with van der Waals surface area (Å²) in [7, 11) is 0. The van der Waals surface area contributed by atoms with E-state index >= 15 is 0 Å². The highest BCUT2D eigenvalue weighted by molar-refractivity contribution is 9.10. The zero-order valence-corrected chi connectivity index (χ0v) is 8.88. The molecule has 0 bridgehead atoms. The van der Waals surface area contributed by atoms with Crippen LogP contribution in [0.3, 0.4) is 0 Å². The normalized spacial score (nSPS) is 17.5. The molecule has 1 aliphatic heterocycles. The van der Waals surface area contributed by atoms with Crippen molar-refractivity contribution in [3.05, 3.63) is 28.7 Å². The maximum Gasteiger partial charge on any atom is 0.0642 e. The number of hydrogen-bond donors (Lipinski definition) is 0. The molecule has 1 aliphatic rings. The third-order valence-corrected chi connectivity index (χ3v) is 2.77. The number of nitrogens with zero attached hydrogens (tertiary/aromatic N) is 1. The molecule has 1 heterocycles. The Morgan fingerprint density at radius 1 is 1.38 bits per heavy atom. The van der Waals surface area contributed by atoms with Gasteiger partial charge in [0.2, 0.25) is 0 Å². The summed E-state index contributed by atoms with van der Waals surface area (Å²) in [6.07, 6.45) is 0. The van der Waals surface area contributed by atoms with Gasteiger partial charge in [0.05, 0.1) is 18.9 Å². The standard InChI is InChI=1S/C10H11BrNO/c11-9-3-1-2-4-10(9)12-5-7-13-8-6-12/h1-2,4H,5-8H2. The lowest BCUT2D eigenvalue weighted by molar-refractivity contribution is 0.122. The number of benzene rings is 1. The molecule has 2 rings (SSSR count). The fraction of sp³-hybridized carbons (Fsp3) is 0.400. The maximum absolute atomic E-state index is 5.29. The second-order valence-electron chi connectivity index (χ2n) is 2.97. The molecule has 0 saturated carbocycles. The monoisotopic (exact) mass is 240 g/mol. The van der Waals surface area contributed by atoms with E-state index in [1.807, 2.05) is 12.1 Å². The van der Waals surface area contributed by atoms with Crippen LogP contribution in [0.5, 0.6) is 0 Å². The lowest BCUT2D eigenvalue weighted by atomic mass is 10.3. The molecule has 0 spiro atoms. The van der Waals surface area contributed by atoms with Crippen molar-refractivity contribution in [1.29, 1.82) is 0 Å². The number of halogens is 1. The summed E-state index contributed by atoms with van der Waals surface area (Å²) in [4.78, 5) is 2.31. The molecule has 1 fully saturated rings. The molecule has 3 heteroatoms. The van der Waals surface area contributed by atoms with Crippen LogP contribution in [0.15, 0.2) is 22.7 Å². The molecular formula is C10H11BrNO. The van der Waals surface area contributed by atoms with Gasteiger partial charge in [-0.05, 0) is 28.1 Å². The van der Waals surface area contributed by atoms with E-state index in [0.717, 1.165) is 30.8 Å². The van der Waals surface area contributed by atoms with Crippen molar-refractivity contribution < 1.29 is 4.74 Å². The van der Waals surface area contributed by atoms with Crippen molar-refractivity contribution in [2.45, 2.75) is 0 Å². The zero-order valence-electron chi connectivity index (χ0n) is 7.29. The average Bonchev–Trinajstić information content (AvgIpc) is 2.20. The molecule has 0 aromatic heterocycles. The fourth-order valence-electron chi connectivity index (χ4n) is 1.46. The topological polar surface area (TPSA) is 12.5 Å². The molecule has 0 amide bonds. The Bertz CT molecular complexity index is 284. The minimum Gasteiger partial charge on any atom is -0.378 e. The van der Waals surface area contributed by atoms with Gasteiger partial charge < -0.3 is 9.64 Å². The van der Waals surface area contributed by atoms with Crippen molar-refractivity contribution >= 4 is 21.6 Å². The Morgan fingerprint density at radius 3 is 2.85 bits per heavy atom. The van der Waals surface area contributed by atoms with Gasteiger partial charge in [0, 0.05) is 17.6 Å². The van der Waals surface area contributed by atoms with Crippen LogP contribution in [-0.2, 0) is 4.74 Å². The van der Waals surface area contributed by atoms with E-state index in [1.54, 1.807) is 0 Å². The highest BCUT2D eigenvalue weighted by Crippen LogP contribution is 2.25. The summed E-state index contributed by atoms with van der Waals surface area (Å²) < 4.78 is 6.33. The molecule has 0 unspecified atom stereocenters. The van der Waals surface area contributed by atoms with E-state index < -0.39 is 0 Å². The van der Waals surface area contributed by atoms with Crippen molar-refractivity contribution in [2.75, 3.05) is 31.2 Å². The molecule has 0 aliphatic carbocycles. The molecule has 1 aromatic carbocycles. The molecule has 2 nitrogen and oxygen atoms in total. The molecule has 1 radical (unpaired) electrons. The Hall–Kier alpha value is -0.540. The van der Waals surface area contributed by atoms with Crippen LogP contribution < -0.4 is 4.90 Å². The van der Waals surface area contributed by atoms with Crippen LogP contribution >= 0.6 is 15.9 Å². The van der Waals surface area contributed by atoms with Gasteiger partial charge in [-0.15, -0.1) is 0 Å². The van der Waals surface area contributed by atoms with Crippen molar-refractivity contribution in [3.8, 4) is 0 Å². The molecule has 0 atom stereocenters. The number of morpholine rings is 1. The summed E-state index contributed by atoms with van der Waals surface area (Å²) in [5.41, 5.74) is 1.21. The van der Waals surface area contributed by atoms with Crippen LogP contribution in [0.2, 0.25) is 0 Å². The number of rotatable bonds is 1. The van der Waals surface area contributed by atoms with Crippen LogP contribution in [0, 0.1) is 6.07 Å². The fourth-order valence-corrected chi connectivity index (χ4v) is 1.97. The van der Waals surface area contributed by atoms with Crippen LogP contribution in [-0.4, -0.2) is 26.3 Å². The van der Waals surface area contributed by atoms with Gasteiger partial charge in [-0.25, -0.2) is 0 Å². The maximum atomic E-state index is 5.29. The molecule has 1 saturated heterocycles. The summed E-state index contributed by atoms with van der Waals surface area (Å²) in [5.74, 6) is 0. The lowest BCUT2D eigenvalue weighted by Gasteiger charge is -2.29. The van der Waals surface area contributed by atoms with Crippen molar-refractivity contribution in [2.24, 2.45) is 0 Å². The third-order valence-electron chi connectivity index (χ3n) is 2.14. The SMILES string of the molecule is Brc1[c]cccc1N1CCOCC1. The van der Waals surface area contributed by atoms with Crippen molar-refractivity contribution in [1.82, 2.24) is 0 Å². The highest BCUT2D eigenvalue weighted by atomic mass is 79.9. The van der Waals surface area contributed by atoms with Gasteiger partial charge in [-0.1, -0.05) is 12.1 Å². The van der Waals surface area contributed by atoms with E-state index in [0.29, 0.717) is 0 Å². The average molecular weight is 241 g/mol. The van der Waals surface area contributed by atoms with E-state index in [1.165, 1.54) is 5.69 Å². The first-order valence-electron chi connectivity index (χ1n) is 4.37. The number of ether oxygens (including phenoxy) is 1. The molecule has 0 N–H and O–H groups in total. The first-order chi connectivity index (χ1) is 6.38. The van der Waals surface area contributed by atoms with Crippen LogP contribution in [0.1, 0.15) is 0 Å². The summed E-state index contributed by atoms with van der Waals surface area (Å²) in [6.45, 7) is 3.58. The van der Waals surface area contributed by atoms with Gasteiger partial charge in [-0.2, -0.15) is 0 Å². The minimum absolute atomic E-state index is 0.821. The largest absolute Gasteiger partial charge is 0.378 e. The second kappa shape index (κ2) is 4.11. The Labute approximate surface area is 86.6 Å². The summed E-state index contributed by atoms with van der Waals surface area (Å²) in [5, 5.41) is 0. The summed E-state index contributed by atoms with van der Waals surface area (Å²) >= 11 is 3.49. The first kappa shape index (κ1) is 9.03. The predicted octanol–water partition coefficient (Wildman–Crippen LogP) is 2.09. The molecule has 13 heavy (non-hydrogen) atoms. The van der Waals surface area contributed by atoms with Gasteiger partial charge in [0.15, 0.2) is 0 Å². The van der Waals surface area contributed by atoms with Gasteiger partial charge in [0.1, 0.15) is 0 Å². The quantitative estimate of drug-likeness (QED) is 0.746. The van der Waals surface area contributed by atoms with Gasteiger partial charge >= 0.3 is 0 Å². The Morgan fingerprint density at radius 2 is 2.15 bits per heavy atom. The first-order valence-corrected chi connectivity index (χ1v) is 5.16. The molecular weight excluding hydrogens is 230 g/mol. The predicted molar refractivity (Wildman–Crippen MR) is 56.0 cm³/mol. The van der Waals surface area contributed by atoms with Gasteiger partial charge in [-0.3, -0.25) is 0 Å². The van der Waals surface area contributed by atoms with E-state index in [9.17, 15) is 0 Å². The number of anilines is 1. The molecule has 69 valence electrons. The minimum atomic E-state index is 0.821. The van der Waals surface area contributed by atoms with Crippen LogP contribution in [0.25, 0.3) is 0 Å². The van der Waals surface area contributed by atoms with Gasteiger partial charge in [0.25, 0.3) is 0 Å². The van der Waals surface area contributed by atoms with Crippen LogP contribution in [0.4, 0.5) is 5.69 Å².